The van der Waals surface area contributed by atoms with E-state index in [9.17, 15) is 4.79 Å². The van der Waals surface area contributed by atoms with Crippen molar-refractivity contribution in [3.63, 3.8) is 0 Å². The first-order valence-corrected chi connectivity index (χ1v) is 10.6. The molecule has 1 aromatic carbocycles. The standard InChI is InChI=1S/C22H26N2O3S/c1-15-10-18-17(12-22(25)27-20(18)11-16(15)2)13-23-14-19(21-4-3-9-28-21)24-5-7-26-8-6-24/h3-4,9-12,19,23H,5-8,13-14H2,1-2H3/t19-/m1/s1. The Bertz CT molecular complexity index is 991. The zero-order chi connectivity index (χ0) is 19.5. The van der Waals surface area contributed by atoms with Crippen molar-refractivity contribution in [3.05, 3.63) is 67.7 Å². The van der Waals surface area contributed by atoms with Crippen molar-refractivity contribution in [1.29, 1.82) is 0 Å². The summed E-state index contributed by atoms with van der Waals surface area (Å²) in [6.07, 6.45) is 0. The van der Waals surface area contributed by atoms with E-state index in [0.717, 1.165) is 49.4 Å². The van der Waals surface area contributed by atoms with Crippen LogP contribution in [0.25, 0.3) is 11.0 Å². The molecule has 0 spiro atoms. The van der Waals surface area contributed by atoms with E-state index in [0.29, 0.717) is 18.2 Å². The molecule has 0 saturated carbocycles. The lowest BCUT2D eigenvalue weighted by Gasteiger charge is -2.34. The molecule has 5 nitrogen and oxygen atoms in total. The highest BCUT2D eigenvalue weighted by Crippen LogP contribution is 2.26. The lowest BCUT2D eigenvalue weighted by atomic mass is 10.0. The second-order valence-corrected chi connectivity index (χ2v) is 8.31. The molecule has 0 radical (unpaired) electrons. The van der Waals surface area contributed by atoms with Crippen molar-refractivity contribution in [2.24, 2.45) is 0 Å². The lowest BCUT2D eigenvalue weighted by Crippen LogP contribution is -2.42. The summed E-state index contributed by atoms with van der Waals surface area (Å²) >= 11 is 1.79. The molecule has 148 valence electrons. The van der Waals surface area contributed by atoms with Gasteiger partial charge in [-0.3, -0.25) is 4.90 Å². The van der Waals surface area contributed by atoms with E-state index in [-0.39, 0.29) is 5.63 Å². The molecule has 4 rings (SSSR count). The minimum atomic E-state index is -0.296. The van der Waals surface area contributed by atoms with Gasteiger partial charge in [-0.15, -0.1) is 11.3 Å². The first-order chi connectivity index (χ1) is 13.6. The Morgan fingerprint density at radius 1 is 1.18 bits per heavy atom. The molecule has 1 atom stereocenters. The summed E-state index contributed by atoms with van der Waals surface area (Å²) in [5.41, 5.74) is 3.69. The summed E-state index contributed by atoms with van der Waals surface area (Å²) in [5.74, 6) is 0. The minimum absolute atomic E-state index is 0.296. The van der Waals surface area contributed by atoms with E-state index in [1.807, 2.05) is 13.0 Å². The number of fused-ring (bicyclic) bond motifs is 1. The molecule has 1 fully saturated rings. The van der Waals surface area contributed by atoms with E-state index in [1.165, 1.54) is 10.4 Å². The fourth-order valence-electron chi connectivity index (χ4n) is 3.75. The first-order valence-electron chi connectivity index (χ1n) is 9.72. The number of thiophene rings is 1. The molecule has 0 unspecified atom stereocenters. The molecule has 6 heteroatoms. The number of aryl methyl sites for hydroxylation is 2. The Morgan fingerprint density at radius 3 is 2.71 bits per heavy atom. The Hall–Kier alpha value is -1.99. The van der Waals surface area contributed by atoms with Gasteiger partial charge >= 0.3 is 5.63 Å². The SMILES string of the molecule is Cc1cc2oc(=O)cc(CNC[C@H](c3cccs3)N3CCOCC3)c2cc1C. The summed E-state index contributed by atoms with van der Waals surface area (Å²) in [6.45, 7) is 9.04. The van der Waals surface area contributed by atoms with Crippen LogP contribution in [0, 0.1) is 13.8 Å². The third-order valence-electron chi connectivity index (χ3n) is 5.46. The Kier molecular flexibility index (Phi) is 5.92. The van der Waals surface area contributed by atoms with E-state index in [1.54, 1.807) is 17.4 Å². The largest absolute Gasteiger partial charge is 0.423 e. The topological polar surface area (TPSA) is 54.7 Å². The molecule has 1 aliphatic heterocycles. The number of benzene rings is 1. The average molecular weight is 399 g/mol. The van der Waals surface area contributed by atoms with Gasteiger partial charge in [0.25, 0.3) is 0 Å². The highest BCUT2D eigenvalue weighted by molar-refractivity contribution is 7.10. The van der Waals surface area contributed by atoms with Crippen LogP contribution < -0.4 is 10.9 Å². The maximum atomic E-state index is 12.0. The quantitative estimate of drug-likeness (QED) is 0.643. The second kappa shape index (κ2) is 8.57. The number of rotatable bonds is 6. The molecule has 3 aromatic rings. The van der Waals surface area contributed by atoms with Crippen molar-refractivity contribution in [3.8, 4) is 0 Å². The fraction of sp³-hybridized carbons (Fsp3) is 0.409. The van der Waals surface area contributed by atoms with Crippen LogP contribution in [0.5, 0.6) is 0 Å². The Morgan fingerprint density at radius 2 is 1.96 bits per heavy atom. The number of nitrogens with one attached hydrogen (secondary N) is 1. The molecule has 0 aliphatic carbocycles. The van der Waals surface area contributed by atoms with Gasteiger partial charge in [0.05, 0.1) is 19.3 Å². The summed E-state index contributed by atoms with van der Waals surface area (Å²) in [7, 11) is 0. The van der Waals surface area contributed by atoms with Crippen LogP contribution in [0.3, 0.4) is 0 Å². The van der Waals surface area contributed by atoms with Crippen LogP contribution in [0.1, 0.15) is 27.6 Å². The van der Waals surface area contributed by atoms with Crippen molar-refractivity contribution in [1.82, 2.24) is 10.2 Å². The van der Waals surface area contributed by atoms with Crippen LogP contribution in [-0.2, 0) is 11.3 Å². The van der Waals surface area contributed by atoms with Gasteiger partial charge in [-0.25, -0.2) is 4.79 Å². The fourth-order valence-corrected chi connectivity index (χ4v) is 4.61. The monoisotopic (exact) mass is 398 g/mol. The molecule has 28 heavy (non-hydrogen) atoms. The van der Waals surface area contributed by atoms with Crippen LogP contribution in [0.4, 0.5) is 0 Å². The molecule has 2 aromatic heterocycles. The summed E-state index contributed by atoms with van der Waals surface area (Å²) in [6, 6.07) is 10.3. The average Bonchev–Trinajstić information content (AvgIpc) is 3.21. The van der Waals surface area contributed by atoms with Crippen molar-refractivity contribution < 1.29 is 9.15 Å². The van der Waals surface area contributed by atoms with Gasteiger partial charge in [-0.2, -0.15) is 0 Å². The van der Waals surface area contributed by atoms with Gasteiger partial charge in [-0.1, -0.05) is 6.07 Å². The summed E-state index contributed by atoms with van der Waals surface area (Å²) in [5, 5.41) is 6.72. The van der Waals surface area contributed by atoms with E-state index in [4.69, 9.17) is 9.15 Å². The molecule has 3 heterocycles. The normalized spacial score (nSPS) is 16.5. The van der Waals surface area contributed by atoms with Crippen molar-refractivity contribution >= 4 is 22.3 Å². The molecule has 0 bridgehead atoms. The highest BCUT2D eigenvalue weighted by Gasteiger charge is 2.23. The van der Waals surface area contributed by atoms with Crippen LogP contribution in [0.15, 0.2) is 44.9 Å². The van der Waals surface area contributed by atoms with E-state index >= 15 is 0 Å². The van der Waals surface area contributed by atoms with Crippen LogP contribution in [-0.4, -0.2) is 37.7 Å². The Labute approximate surface area is 168 Å². The van der Waals surface area contributed by atoms with Crippen molar-refractivity contribution in [2.45, 2.75) is 26.4 Å². The number of hydrogen-bond acceptors (Lipinski definition) is 6. The van der Waals surface area contributed by atoms with Gasteiger partial charge in [0.1, 0.15) is 5.58 Å². The van der Waals surface area contributed by atoms with Crippen LogP contribution in [0.2, 0.25) is 0 Å². The zero-order valence-electron chi connectivity index (χ0n) is 16.4. The lowest BCUT2D eigenvalue weighted by molar-refractivity contribution is 0.0168. The number of hydrogen-bond donors (Lipinski definition) is 1. The minimum Gasteiger partial charge on any atom is -0.423 e. The van der Waals surface area contributed by atoms with Gasteiger partial charge in [0.15, 0.2) is 0 Å². The predicted octanol–water partition coefficient (Wildman–Crippen LogP) is 3.63. The molecule has 1 saturated heterocycles. The summed E-state index contributed by atoms with van der Waals surface area (Å²) in [4.78, 5) is 15.9. The highest BCUT2D eigenvalue weighted by atomic mass is 32.1. The molecular formula is C22H26N2O3S. The maximum Gasteiger partial charge on any atom is 0.336 e. The van der Waals surface area contributed by atoms with Gasteiger partial charge in [0, 0.05) is 42.5 Å². The Balaban J connectivity index is 1.53. The third kappa shape index (κ3) is 4.20. The van der Waals surface area contributed by atoms with Gasteiger partial charge in [-0.05, 0) is 54.1 Å². The molecular weight excluding hydrogens is 372 g/mol. The smallest absolute Gasteiger partial charge is 0.336 e. The molecule has 0 amide bonds. The molecule has 1 aliphatic rings. The number of ether oxygens (including phenoxy) is 1. The number of morpholine rings is 1. The second-order valence-electron chi connectivity index (χ2n) is 7.33. The first kappa shape index (κ1) is 19.3. The van der Waals surface area contributed by atoms with Crippen LogP contribution >= 0.6 is 11.3 Å². The molecule has 1 N–H and O–H groups in total. The maximum absolute atomic E-state index is 12.0. The van der Waals surface area contributed by atoms with Gasteiger partial charge < -0.3 is 14.5 Å². The third-order valence-corrected chi connectivity index (χ3v) is 6.43. The van der Waals surface area contributed by atoms with Crippen molar-refractivity contribution in [2.75, 3.05) is 32.8 Å². The summed E-state index contributed by atoms with van der Waals surface area (Å²) < 4.78 is 10.9. The predicted molar refractivity (Wildman–Crippen MR) is 113 cm³/mol. The van der Waals surface area contributed by atoms with E-state index in [2.05, 4.69) is 40.7 Å². The van der Waals surface area contributed by atoms with Gasteiger partial charge in [0.2, 0.25) is 0 Å². The van der Waals surface area contributed by atoms with E-state index < -0.39 is 0 Å². The number of nitrogens with zero attached hydrogens (tertiary/aromatic N) is 1. The zero-order valence-corrected chi connectivity index (χ0v) is 17.2.